The number of hydrogen-bond acceptors (Lipinski definition) is 3. The summed E-state index contributed by atoms with van der Waals surface area (Å²) in [5.41, 5.74) is 2.56. The normalized spacial score (nSPS) is 12.2. The monoisotopic (exact) mass is 405 g/mol. The van der Waals surface area contributed by atoms with Gasteiger partial charge in [0.1, 0.15) is 11.1 Å². The molecule has 0 bridgehead atoms. The molecule has 8 heteroatoms. The predicted molar refractivity (Wildman–Crippen MR) is 107 cm³/mol. The lowest BCUT2D eigenvalue weighted by molar-refractivity contribution is -0.119. The molecule has 0 fully saturated rings. The third-order valence-corrected chi connectivity index (χ3v) is 5.19. The second-order valence-corrected chi connectivity index (χ2v) is 7.14. The summed E-state index contributed by atoms with van der Waals surface area (Å²) in [5.74, 6) is 0.107. The van der Waals surface area contributed by atoms with E-state index in [9.17, 15) is 4.79 Å². The van der Waals surface area contributed by atoms with Crippen molar-refractivity contribution in [1.82, 2.24) is 19.6 Å². The van der Waals surface area contributed by atoms with Crippen molar-refractivity contribution < 1.29 is 4.79 Å². The van der Waals surface area contributed by atoms with Gasteiger partial charge in [-0.25, -0.2) is 0 Å². The van der Waals surface area contributed by atoms with Crippen LogP contribution in [0.5, 0.6) is 0 Å². The molecular weight excluding hydrogens is 385 g/mol. The van der Waals surface area contributed by atoms with E-state index in [4.69, 9.17) is 23.2 Å². The lowest BCUT2D eigenvalue weighted by Crippen LogP contribution is -2.27. The number of halogens is 2. The molecule has 1 aromatic carbocycles. The second kappa shape index (κ2) is 8.15. The standard InChI is InChI=1S/C19H21Cl2N5O/c1-4-16(26-13(3)17(21)12(2)23-26)19(27)22-18-15(20)11-25(24-18)10-14-8-6-5-7-9-14/h5-9,11,16H,4,10H2,1-3H3,(H,22,24,27). The molecule has 2 heterocycles. The molecule has 27 heavy (non-hydrogen) atoms. The van der Waals surface area contributed by atoms with Gasteiger partial charge in [-0.3, -0.25) is 14.2 Å². The first kappa shape index (κ1) is 19.5. The Bertz CT molecular complexity index is 949. The number of hydrogen-bond donors (Lipinski definition) is 1. The molecule has 0 aliphatic heterocycles. The van der Waals surface area contributed by atoms with E-state index in [0.29, 0.717) is 34.5 Å². The van der Waals surface area contributed by atoms with E-state index in [1.54, 1.807) is 15.6 Å². The fraction of sp³-hybridized carbons (Fsp3) is 0.316. The lowest BCUT2D eigenvalue weighted by atomic mass is 10.2. The van der Waals surface area contributed by atoms with E-state index in [-0.39, 0.29) is 5.91 Å². The van der Waals surface area contributed by atoms with Crippen LogP contribution in [-0.4, -0.2) is 25.5 Å². The van der Waals surface area contributed by atoms with Gasteiger partial charge in [0.05, 0.1) is 23.0 Å². The van der Waals surface area contributed by atoms with Crippen molar-refractivity contribution in [1.29, 1.82) is 0 Å². The SMILES string of the molecule is CCC(C(=O)Nc1nn(Cc2ccccc2)cc1Cl)n1nc(C)c(Cl)c1C. The Hall–Kier alpha value is -2.31. The number of carbonyl (C=O) groups is 1. The molecule has 3 rings (SSSR count). The molecule has 0 aliphatic carbocycles. The Morgan fingerprint density at radius 1 is 1.19 bits per heavy atom. The molecule has 1 N–H and O–H groups in total. The Morgan fingerprint density at radius 3 is 2.48 bits per heavy atom. The van der Waals surface area contributed by atoms with Gasteiger partial charge in [-0.2, -0.15) is 10.2 Å². The molecule has 0 radical (unpaired) electrons. The highest BCUT2D eigenvalue weighted by atomic mass is 35.5. The van der Waals surface area contributed by atoms with Crippen LogP contribution in [0.3, 0.4) is 0 Å². The Morgan fingerprint density at radius 2 is 1.89 bits per heavy atom. The smallest absolute Gasteiger partial charge is 0.250 e. The second-order valence-electron chi connectivity index (χ2n) is 6.35. The van der Waals surface area contributed by atoms with Gasteiger partial charge in [-0.05, 0) is 25.8 Å². The van der Waals surface area contributed by atoms with Gasteiger partial charge in [0.2, 0.25) is 5.91 Å². The van der Waals surface area contributed by atoms with Crippen LogP contribution >= 0.6 is 23.2 Å². The van der Waals surface area contributed by atoms with E-state index in [1.807, 2.05) is 51.1 Å². The van der Waals surface area contributed by atoms with E-state index in [1.165, 1.54) is 0 Å². The summed E-state index contributed by atoms with van der Waals surface area (Å²) >= 11 is 12.5. The molecule has 2 aromatic heterocycles. The van der Waals surface area contributed by atoms with Crippen LogP contribution in [0.4, 0.5) is 5.82 Å². The van der Waals surface area contributed by atoms with Crippen molar-refractivity contribution in [3.05, 3.63) is 63.5 Å². The Labute approximate surface area is 168 Å². The number of carbonyl (C=O) groups excluding carboxylic acids is 1. The van der Waals surface area contributed by atoms with Gasteiger partial charge in [-0.15, -0.1) is 0 Å². The topological polar surface area (TPSA) is 64.7 Å². The van der Waals surface area contributed by atoms with E-state index in [2.05, 4.69) is 15.5 Å². The molecule has 0 saturated carbocycles. The van der Waals surface area contributed by atoms with Crippen LogP contribution in [0, 0.1) is 13.8 Å². The molecule has 1 amide bonds. The molecule has 0 aliphatic rings. The van der Waals surface area contributed by atoms with Gasteiger partial charge in [0, 0.05) is 6.20 Å². The van der Waals surface area contributed by atoms with E-state index in [0.717, 1.165) is 11.3 Å². The minimum absolute atomic E-state index is 0.230. The molecule has 1 unspecified atom stereocenters. The first-order valence-corrected chi connectivity index (χ1v) is 9.45. The largest absolute Gasteiger partial charge is 0.306 e. The van der Waals surface area contributed by atoms with Crippen molar-refractivity contribution in [2.45, 2.75) is 39.8 Å². The molecule has 0 saturated heterocycles. The van der Waals surface area contributed by atoms with Crippen LogP contribution in [0.1, 0.15) is 36.3 Å². The average molecular weight is 406 g/mol. The van der Waals surface area contributed by atoms with Crippen molar-refractivity contribution in [2.24, 2.45) is 0 Å². The number of nitrogens with zero attached hydrogens (tertiary/aromatic N) is 4. The number of amides is 1. The zero-order chi connectivity index (χ0) is 19.6. The summed E-state index contributed by atoms with van der Waals surface area (Å²) in [7, 11) is 0. The number of rotatable bonds is 6. The molecular formula is C19H21Cl2N5O. The number of nitrogens with one attached hydrogen (secondary N) is 1. The summed E-state index contributed by atoms with van der Waals surface area (Å²) in [6, 6.07) is 9.41. The summed E-state index contributed by atoms with van der Waals surface area (Å²) < 4.78 is 3.36. The molecule has 3 aromatic rings. The van der Waals surface area contributed by atoms with E-state index < -0.39 is 6.04 Å². The number of anilines is 1. The molecule has 142 valence electrons. The third-order valence-electron chi connectivity index (χ3n) is 4.37. The van der Waals surface area contributed by atoms with E-state index >= 15 is 0 Å². The highest BCUT2D eigenvalue weighted by molar-refractivity contribution is 6.33. The summed E-state index contributed by atoms with van der Waals surface area (Å²) in [5, 5.41) is 12.6. The number of aromatic nitrogens is 4. The van der Waals surface area contributed by atoms with Gasteiger partial charge in [0.15, 0.2) is 5.82 Å². The lowest BCUT2D eigenvalue weighted by Gasteiger charge is -2.16. The zero-order valence-electron chi connectivity index (χ0n) is 15.4. The fourth-order valence-electron chi connectivity index (χ4n) is 2.95. The minimum Gasteiger partial charge on any atom is -0.306 e. The van der Waals surface area contributed by atoms with Gasteiger partial charge < -0.3 is 5.32 Å². The van der Waals surface area contributed by atoms with Crippen LogP contribution in [0.2, 0.25) is 10.0 Å². The van der Waals surface area contributed by atoms with Crippen LogP contribution in [0.15, 0.2) is 36.5 Å². The quantitative estimate of drug-likeness (QED) is 0.649. The summed E-state index contributed by atoms with van der Waals surface area (Å²) in [4.78, 5) is 12.8. The highest BCUT2D eigenvalue weighted by Crippen LogP contribution is 2.26. The number of benzene rings is 1. The third kappa shape index (κ3) is 4.17. The van der Waals surface area contributed by atoms with Crippen molar-refractivity contribution in [3.63, 3.8) is 0 Å². The van der Waals surface area contributed by atoms with Crippen molar-refractivity contribution in [3.8, 4) is 0 Å². The maximum absolute atomic E-state index is 12.8. The molecule has 1 atom stereocenters. The van der Waals surface area contributed by atoms with Gasteiger partial charge in [0.25, 0.3) is 0 Å². The Kier molecular flexibility index (Phi) is 5.87. The van der Waals surface area contributed by atoms with Crippen LogP contribution < -0.4 is 5.32 Å². The fourth-order valence-corrected chi connectivity index (χ4v) is 3.27. The van der Waals surface area contributed by atoms with Crippen LogP contribution in [-0.2, 0) is 11.3 Å². The Balaban J connectivity index is 1.77. The molecule has 0 spiro atoms. The highest BCUT2D eigenvalue weighted by Gasteiger charge is 2.24. The predicted octanol–water partition coefficient (Wildman–Crippen LogP) is 4.64. The summed E-state index contributed by atoms with van der Waals surface area (Å²) in [6.07, 6.45) is 2.26. The maximum Gasteiger partial charge on any atom is 0.250 e. The molecule has 6 nitrogen and oxygen atoms in total. The van der Waals surface area contributed by atoms with Gasteiger partial charge >= 0.3 is 0 Å². The van der Waals surface area contributed by atoms with Crippen LogP contribution in [0.25, 0.3) is 0 Å². The maximum atomic E-state index is 12.8. The van der Waals surface area contributed by atoms with Crippen molar-refractivity contribution >= 4 is 34.9 Å². The van der Waals surface area contributed by atoms with Gasteiger partial charge in [-0.1, -0.05) is 60.5 Å². The minimum atomic E-state index is -0.494. The van der Waals surface area contributed by atoms with Crippen molar-refractivity contribution in [2.75, 3.05) is 5.32 Å². The average Bonchev–Trinajstić information content (AvgIpc) is 3.11. The summed E-state index contributed by atoms with van der Waals surface area (Å²) in [6.45, 7) is 6.16. The first-order valence-electron chi connectivity index (χ1n) is 8.69. The number of aryl methyl sites for hydroxylation is 1. The zero-order valence-corrected chi connectivity index (χ0v) is 16.9. The first-order chi connectivity index (χ1) is 12.9.